The van der Waals surface area contributed by atoms with E-state index in [4.69, 9.17) is 0 Å². The lowest BCUT2D eigenvalue weighted by Crippen LogP contribution is -2.29. The van der Waals surface area contributed by atoms with E-state index in [1.807, 2.05) is 11.3 Å². The predicted octanol–water partition coefficient (Wildman–Crippen LogP) is 4.34. The summed E-state index contributed by atoms with van der Waals surface area (Å²) in [6, 6.07) is 14.1. The number of benzene rings is 1. The molecule has 0 bridgehead atoms. The number of thiophene rings is 1. The fourth-order valence-corrected chi connectivity index (χ4v) is 2.88. The van der Waals surface area contributed by atoms with E-state index in [0.29, 0.717) is 12.1 Å². The Morgan fingerprint density at radius 3 is 2.39 bits per heavy atom. The first-order valence-corrected chi connectivity index (χ1v) is 7.38. The van der Waals surface area contributed by atoms with Crippen molar-refractivity contribution in [2.24, 2.45) is 0 Å². The van der Waals surface area contributed by atoms with Gasteiger partial charge in [-0.1, -0.05) is 49.7 Å². The largest absolute Gasteiger partial charge is 0.307 e. The maximum absolute atomic E-state index is 3.66. The first-order valence-electron chi connectivity index (χ1n) is 6.50. The van der Waals surface area contributed by atoms with Crippen LogP contribution in [0.1, 0.15) is 35.9 Å². The summed E-state index contributed by atoms with van der Waals surface area (Å²) in [5, 5.41) is 5.81. The molecular formula is C16H21NS. The summed E-state index contributed by atoms with van der Waals surface area (Å²) in [6.45, 7) is 6.54. The number of hydrogen-bond acceptors (Lipinski definition) is 2. The average Bonchev–Trinajstić information content (AvgIpc) is 2.84. The van der Waals surface area contributed by atoms with Crippen molar-refractivity contribution in [3.8, 4) is 0 Å². The molecule has 18 heavy (non-hydrogen) atoms. The molecular weight excluding hydrogens is 238 g/mol. The van der Waals surface area contributed by atoms with Crippen LogP contribution in [0.15, 0.2) is 41.8 Å². The van der Waals surface area contributed by atoms with Gasteiger partial charge in [-0.3, -0.25) is 0 Å². The normalized spacial score (nSPS) is 12.9. The minimum absolute atomic E-state index is 0.424. The maximum atomic E-state index is 3.66. The summed E-state index contributed by atoms with van der Waals surface area (Å²) < 4.78 is 0. The maximum Gasteiger partial charge on any atom is 0.0457 e. The minimum Gasteiger partial charge on any atom is -0.307 e. The molecule has 1 heterocycles. The van der Waals surface area contributed by atoms with Crippen LogP contribution in [0.5, 0.6) is 0 Å². The third-order valence-corrected chi connectivity index (χ3v) is 3.97. The number of rotatable bonds is 5. The molecule has 1 N–H and O–H groups in total. The highest BCUT2D eigenvalue weighted by Crippen LogP contribution is 2.23. The van der Waals surface area contributed by atoms with Crippen molar-refractivity contribution in [1.82, 2.24) is 5.32 Å². The van der Waals surface area contributed by atoms with Crippen molar-refractivity contribution in [1.29, 1.82) is 0 Å². The van der Waals surface area contributed by atoms with E-state index in [2.05, 4.69) is 67.9 Å². The Hall–Kier alpha value is -1.12. The Morgan fingerprint density at radius 1 is 1.11 bits per heavy atom. The highest BCUT2D eigenvalue weighted by molar-refractivity contribution is 7.10. The van der Waals surface area contributed by atoms with Crippen LogP contribution in [0.3, 0.4) is 0 Å². The number of nitrogens with one attached hydrogen (secondary N) is 1. The molecule has 1 aromatic carbocycles. The van der Waals surface area contributed by atoms with Crippen LogP contribution in [0.2, 0.25) is 0 Å². The summed E-state index contributed by atoms with van der Waals surface area (Å²) in [5.74, 6) is 0. The molecule has 0 radical (unpaired) electrons. The van der Waals surface area contributed by atoms with Crippen LogP contribution in [-0.2, 0) is 6.42 Å². The highest BCUT2D eigenvalue weighted by atomic mass is 32.1. The Kier molecular flexibility index (Phi) is 4.56. The van der Waals surface area contributed by atoms with Gasteiger partial charge in [0.15, 0.2) is 0 Å². The van der Waals surface area contributed by atoms with Gasteiger partial charge in [-0.25, -0.2) is 0 Å². The molecule has 96 valence electrons. The van der Waals surface area contributed by atoms with Crippen molar-refractivity contribution in [3.05, 3.63) is 57.8 Å². The summed E-state index contributed by atoms with van der Waals surface area (Å²) in [6.07, 6.45) is 1.05. The molecule has 2 aromatic rings. The fraction of sp³-hybridized carbons (Fsp3) is 0.375. The van der Waals surface area contributed by atoms with Crippen LogP contribution < -0.4 is 5.32 Å². The van der Waals surface area contributed by atoms with Crippen LogP contribution in [0.4, 0.5) is 0 Å². The van der Waals surface area contributed by atoms with Crippen LogP contribution in [0.25, 0.3) is 0 Å². The fourth-order valence-electron chi connectivity index (χ4n) is 2.09. The molecule has 1 unspecified atom stereocenters. The van der Waals surface area contributed by atoms with Gasteiger partial charge in [0.2, 0.25) is 0 Å². The molecule has 1 aromatic heterocycles. The SMILES string of the molecule is Cc1ccc(CC(NC(C)C)c2cccs2)cc1. The smallest absolute Gasteiger partial charge is 0.0457 e. The summed E-state index contributed by atoms with van der Waals surface area (Å²) in [7, 11) is 0. The van der Waals surface area contributed by atoms with Crippen molar-refractivity contribution < 1.29 is 0 Å². The standard InChI is InChI=1S/C16H21NS/c1-12(2)17-15(16-5-4-10-18-16)11-14-8-6-13(3)7-9-14/h4-10,12,15,17H,11H2,1-3H3. The lowest BCUT2D eigenvalue weighted by Gasteiger charge is -2.20. The van der Waals surface area contributed by atoms with Gasteiger partial charge < -0.3 is 5.32 Å². The summed E-state index contributed by atoms with van der Waals surface area (Å²) >= 11 is 1.83. The molecule has 1 atom stereocenters. The van der Waals surface area contributed by atoms with Crippen molar-refractivity contribution in [2.75, 3.05) is 0 Å². The van der Waals surface area contributed by atoms with E-state index < -0.39 is 0 Å². The molecule has 0 amide bonds. The molecule has 0 fully saturated rings. The van der Waals surface area contributed by atoms with E-state index in [1.165, 1.54) is 16.0 Å². The Balaban J connectivity index is 2.12. The van der Waals surface area contributed by atoms with Gasteiger partial charge in [0.1, 0.15) is 0 Å². The molecule has 2 rings (SSSR count). The van der Waals surface area contributed by atoms with Crippen molar-refractivity contribution in [2.45, 2.75) is 39.3 Å². The van der Waals surface area contributed by atoms with Gasteiger partial charge in [0.05, 0.1) is 0 Å². The van der Waals surface area contributed by atoms with Gasteiger partial charge in [-0.15, -0.1) is 11.3 Å². The molecule has 0 aliphatic rings. The second-order valence-electron chi connectivity index (χ2n) is 5.08. The Bertz CT molecular complexity index is 456. The summed E-state index contributed by atoms with van der Waals surface area (Å²) in [5.41, 5.74) is 2.72. The second-order valence-corrected chi connectivity index (χ2v) is 6.06. The van der Waals surface area contributed by atoms with Crippen molar-refractivity contribution >= 4 is 11.3 Å². The quantitative estimate of drug-likeness (QED) is 0.842. The van der Waals surface area contributed by atoms with E-state index in [1.54, 1.807) is 0 Å². The second kappa shape index (κ2) is 6.17. The number of hydrogen-bond donors (Lipinski definition) is 1. The third kappa shape index (κ3) is 3.69. The van der Waals surface area contributed by atoms with E-state index in [9.17, 15) is 0 Å². The van der Waals surface area contributed by atoms with Gasteiger partial charge in [-0.2, -0.15) is 0 Å². The number of aryl methyl sites for hydroxylation is 1. The molecule has 0 saturated carbocycles. The molecule has 1 nitrogen and oxygen atoms in total. The first kappa shape index (κ1) is 13.3. The van der Waals surface area contributed by atoms with Crippen LogP contribution >= 0.6 is 11.3 Å². The zero-order chi connectivity index (χ0) is 13.0. The third-order valence-electron chi connectivity index (χ3n) is 2.98. The van der Waals surface area contributed by atoms with E-state index >= 15 is 0 Å². The van der Waals surface area contributed by atoms with E-state index in [-0.39, 0.29) is 0 Å². The van der Waals surface area contributed by atoms with Gasteiger partial charge in [-0.05, 0) is 30.4 Å². The lowest BCUT2D eigenvalue weighted by atomic mass is 10.0. The highest BCUT2D eigenvalue weighted by Gasteiger charge is 2.14. The van der Waals surface area contributed by atoms with Gasteiger partial charge in [0, 0.05) is 17.0 Å². The first-order chi connectivity index (χ1) is 8.65. The summed E-state index contributed by atoms with van der Waals surface area (Å²) in [4.78, 5) is 1.42. The van der Waals surface area contributed by atoms with Crippen molar-refractivity contribution in [3.63, 3.8) is 0 Å². The molecule has 0 saturated heterocycles. The lowest BCUT2D eigenvalue weighted by molar-refractivity contribution is 0.480. The predicted molar refractivity (Wildman–Crippen MR) is 80.2 cm³/mol. The molecule has 2 heteroatoms. The van der Waals surface area contributed by atoms with Crippen LogP contribution in [-0.4, -0.2) is 6.04 Å². The van der Waals surface area contributed by atoms with E-state index in [0.717, 1.165) is 6.42 Å². The molecule has 0 aliphatic carbocycles. The van der Waals surface area contributed by atoms with Gasteiger partial charge >= 0.3 is 0 Å². The zero-order valence-electron chi connectivity index (χ0n) is 11.3. The zero-order valence-corrected chi connectivity index (χ0v) is 12.1. The average molecular weight is 259 g/mol. The monoisotopic (exact) mass is 259 g/mol. The topological polar surface area (TPSA) is 12.0 Å². The Labute approximate surface area is 114 Å². The Morgan fingerprint density at radius 2 is 1.83 bits per heavy atom. The molecule has 0 aliphatic heterocycles. The van der Waals surface area contributed by atoms with Crippen LogP contribution in [0, 0.1) is 6.92 Å². The minimum atomic E-state index is 0.424. The molecule has 0 spiro atoms. The van der Waals surface area contributed by atoms with Gasteiger partial charge in [0.25, 0.3) is 0 Å².